The first-order valence-electron chi connectivity index (χ1n) is 7.19. The second-order valence-electron chi connectivity index (χ2n) is 4.79. The van der Waals surface area contributed by atoms with E-state index in [-0.39, 0.29) is 18.1 Å². The van der Waals surface area contributed by atoms with Gasteiger partial charge in [-0.05, 0) is 19.3 Å². The minimum atomic E-state index is -0.429. The second-order valence-corrected chi connectivity index (χ2v) is 4.79. The lowest BCUT2D eigenvalue weighted by molar-refractivity contribution is -0.127. The fourth-order valence-corrected chi connectivity index (χ4v) is 2.01. The molecule has 116 valence electrons. The van der Waals surface area contributed by atoms with E-state index in [0.717, 1.165) is 13.0 Å². The molecule has 0 radical (unpaired) electrons. The van der Waals surface area contributed by atoms with Crippen molar-refractivity contribution in [2.45, 2.75) is 25.7 Å². The summed E-state index contributed by atoms with van der Waals surface area (Å²) in [6.07, 6.45) is 4.11. The summed E-state index contributed by atoms with van der Waals surface area (Å²) in [6.45, 7) is 2.43. The molecule has 7 nitrogen and oxygen atoms in total. The standard InChI is InChI=1S/C14H22N4O3/c15-10-12(11-16-5-3-9-19)14(21)17-6-2-8-18-7-1-4-13(18)20/h11,16,19H,1-9H2,(H,17,21)/b12-11-. The third-order valence-electron chi connectivity index (χ3n) is 3.15. The molecular formula is C14H22N4O3. The largest absolute Gasteiger partial charge is 0.396 e. The zero-order valence-corrected chi connectivity index (χ0v) is 12.1. The molecule has 21 heavy (non-hydrogen) atoms. The highest BCUT2D eigenvalue weighted by molar-refractivity contribution is 5.97. The summed E-state index contributed by atoms with van der Waals surface area (Å²) in [5.74, 6) is -0.256. The van der Waals surface area contributed by atoms with Crippen LogP contribution in [0, 0.1) is 11.3 Å². The van der Waals surface area contributed by atoms with Gasteiger partial charge in [0.15, 0.2) is 0 Å². The average Bonchev–Trinajstić information content (AvgIpc) is 2.89. The van der Waals surface area contributed by atoms with Crippen molar-refractivity contribution in [2.75, 3.05) is 32.8 Å². The number of rotatable bonds is 9. The third kappa shape index (κ3) is 6.27. The molecule has 1 rings (SSSR count). The molecule has 2 amide bonds. The molecule has 0 bridgehead atoms. The van der Waals surface area contributed by atoms with Crippen LogP contribution in [0.4, 0.5) is 0 Å². The maximum absolute atomic E-state index is 11.7. The molecule has 0 atom stereocenters. The minimum absolute atomic E-state index is 0.00480. The Labute approximate surface area is 124 Å². The number of carbonyl (C=O) groups is 2. The summed E-state index contributed by atoms with van der Waals surface area (Å²) in [6, 6.07) is 1.83. The Morgan fingerprint density at radius 3 is 2.86 bits per heavy atom. The number of hydrogen-bond donors (Lipinski definition) is 3. The number of aliphatic hydroxyl groups is 1. The van der Waals surface area contributed by atoms with Crippen LogP contribution in [0.2, 0.25) is 0 Å². The second kappa shape index (κ2) is 9.77. The fraction of sp³-hybridized carbons (Fsp3) is 0.643. The van der Waals surface area contributed by atoms with Gasteiger partial charge in [0.05, 0.1) is 0 Å². The van der Waals surface area contributed by atoms with E-state index < -0.39 is 5.91 Å². The Balaban J connectivity index is 2.21. The SMILES string of the molecule is N#C/C(=C/NCCCO)C(=O)NCCCN1CCCC1=O. The molecule has 1 aliphatic heterocycles. The number of aliphatic hydroxyl groups excluding tert-OH is 1. The average molecular weight is 294 g/mol. The summed E-state index contributed by atoms with van der Waals surface area (Å²) in [7, 11) is 0. The number of nitrogens with one attached hydrogen (secondary N) is 2. The van der Waals surface area contributed by atoms with E-state index in [1.54, 1.807) is 4.90 Å². The van der Waals surface area contributed by atoms with Gasteiger partial charge in [-0.2, -0.15) is 5.26 Å². The molecular weight excluding hydrogens is 272 g/mol. The number of hydrogen-bond acceptors (Lipinski definition) is 5. The summed E-state index contributed by atoms with van der Waals surface area (Å²) >= 11 is 0. The van der Waals surface area contributed by atoms with Gasteiger partial charge < -0.3 is 20.6 Å². The fourth-order valence-electron chi connectivity index (χ4n) is 2.01. The molecule has 7 heteroatoms. The zero-order valence-electron chi connectivity index (χ0n) is 12.1. The summed E-state index contributed by atoms with van der Waals surface area (Å²) in [4.78, 5) is 24.9. The number of carbonyl (C=O) groups excluding carboxylic acids is 2. The van der Waals surface area contributed by atoms with Gasteiger partial charge in [0, 0.05) is 45.4 Å². The number of nitriles is 1. The normalized spacial score (nSPS) is 15.0. The zero-order chi connectivity index (χ0) is 15.5. The van der Waals surface area contributed by atoms with Crippen molar-refractivity contribution in [3.63, 3.8) is 0 Å². The van der Waals surface area contributed by atoms with Crippen molar-refractivity contribution >= 4 is 11.8 Å². The molecule has 0 aromatic rings. The quantitative estimate of drug-likeness (QED) is 0.302. The molecule has 0 aliphatic carbocycles. The molecule has 1 heterocycles. The minimum Gasteiger partial charge on any atom is -0.396 e. The van der Waals surface area contributed by atoms with Gasteiger partial charge in [0.25, 0.3) is 5.91 Å². The van der Waals surface area contributed by atoms with Crippen molar-refractivity contribution in [1.29, 1.82) is 5.26 Å². The van der Waals surface area contributed by atoms with Crippen LogP contribution in [-0.2, 0) is 9.59 Å². The number of nitrogens with zero attached hydrogens (tertiary/aromatic N) is 2. The summed E-state index contributed by atoms with van der Waals surface area (Å²) < 4.78 is 0. The van der Waals surface area contributed by atoms with Crippen LogP contribution < -0.4 is 10.6 Å². The Morgan fingerprint density at radius 2 is 2.24 bits per heavy atom. The van der Waals surface area contributed by atoms with Gasteiger partial charge >= 0.3 is 0 Å². The first-order valence-corrected chi connectivity index (χ1v) is 7.19. The van der Waals surface area contributed by atoms with Crippen molar-refractivity contribution in [3.05, 3.63) is 11.8 Å². The molecule has 0 saturated carbocycles. The molecule has 1 saturated heterocycles. The van der Waals surface area contributed by atoms with Crippen LogP contribution in [0.1, 0.15) is 25.7 Å². The smallest absolute Gasteiger partial charge is 0.263 e. The third-order valence-corrected chi connectivity index (χ3v) is 3.15. The number of likely N-dealkylation sites (tertiary alicyclic amines) is 1. The lowest BCUT2D eigenvalue weighted by Crippen LogP contribution is -2.31. The maximum atomic E-state index is 11.7. The van der Waals surface area contributed by atoms with Crippen LogP contribution in [0.15, 0.2) is 11.8 Å². The predicted molar refractivity (Wildman–Crippen MR) is 76.8 cm³/mol. The van der Waals surface area contributed by atoms with E-state index >= 15 is 0 Å². The Morgan fingerprint density at radius 1 is 1.43 bits per heavy atom. The van der Waals surface area contributed by atoms with Crippen molar-refractivity contribution in [3.8, 4) is 6.07 Å². The van der Waals surface area contributed by atoms with Gasteiger partial charge in [-0.3, -0.25) is 9.59 Å². The lowest BCUT2D eigenvalue weighted by atomic mass is 10.3. The van der Waals surface area contributed by atoms with Gasteiger partial charge in [0.2, 0.25) is 5.91 Å². The van der Waals surface area contributed by atoms with Gasteiger partial charge in [-0.1, -0.05) is 0 Å². The first kappa shape index (κ1) is 17.0. The summed E-state index contributed by atoms with van der Waals surface area (Å²) in [5, 5.41) is 23.0. The predicted octanol–water partition coefficient (Wildman–Crippen LogP) is -0.505. The molecule has 0 spiro atoms. The van der Waals surface area contributed by atoms with E-state index in [1.807, 2.05) is 6.07 Å². The first-order chi connectivity index (χ1) is 10.2. The lowest BCUT2D eigenvalue weighted by Gasteiger charge is -2.15. The van der Waals surface area contributed by atoms with E-state index in [0.29, 0.717) is 38.9 Å². The van der Waals surface area contributed by atoms with Crippen molar-refractivity contribution in [1.82, 2.24) is 15.5 Å². The topological polar surface area (TPSA) is 105 Å². The molecule has 0 aromatic heterocycles. The van der Waals surface area contributed by atoms with Crippen LogP contribution in [-0.4, -0.2) is 54.6 Å². The highest BCUT2D eigenvalue weighted by atomic mass is 16.3. The van der Waals surface area contributed by atoms with Crippen LogP contribution >= 0.6 is 0 Å². The molecule has 0 aromatic carbocycles. The van der Waals surface area contributed by atoms with E-state index in [9.17, 15) is 9.59 Å². The van der Waals surface area contributed by atoms with Gasteiger partial charge in [-0.25, -0.2) is 0 Å². The van der Waals surface area contributed by atoms with E-state index in [4.69, 9.17) is 10.4 Å². The Hall–Kier alpha value is -2.07. The number of amides is 2. The van der Waals surface area contributed by atoms with Gasteiger partial charge in [-0.15, -0.1) is 0 Å². The van der Waals surface area contributed by atoms with Crippen molar-refractivity contribution < 1.29 is 14.7 Å². The maximum Gasteiger partial charge on any atom is 0.263 e. The highest BCUT2D eigenvalue weighted by Crippen LogP contribution is 2.09. The van der Waals surface area contributed by atoms with E-state index in [2.05, 4.69) is 10.6 Å². The molecule has 1 aliphatic rings. The summed E-state index contributed by atoms with van der Waals surface area (Å²) in [5.41, 5.74) is 0.00480. The van der Waals surface area contributed by atoms with E-state index in [1.165, 1.54) is 6.20 Å². The Bertz CT molecular complexity index is 428. The Kier molecular flexibility index (Phi) is 7.90. The molecule has 0 unspecified atom stereocenters. The molecule has 1 fully saturated rings. The van der Waals surface area contributed by atoms with Gasteiger partial charge in [0.1, 0.15) is 11.6 Å². The van der Waals surface area contributed by atoms with Crippen LogP contribution in [0.5, 0.6) is 0 Å². The monoisotopic (exact) mass is 294 g/mol. The molecule has 3 N–H and O–H groups in total. The van der Waals surface area contributed by atoms with Crippen LogP contribution in [0.3, 0.4) is 0 Å². The van der Waals surface area contributed by atoms with Crippen LogP contribution in [0.25, 0.3) is 0 Å². The van der Waals surface area contributed by atoms with Crippen molar-refractivity contribution in [2.24, 2.45) is 0 Å². The highest BCUT2D eigenvalue weighted by Gasteiger charge is 2.19.